The molecule has 0 amide bonds. The maximum Gasteiger partial charge on any atom is 0.236 e. The third-order valence-corrected chi connectivity index (χ3v) is 3.48. The first kappa shape index (κ1) is 13.5. The fourth-order valence-electron chi connectivity index (χ4n) is 1.35. The third kappa shape index (κ3) is 3.77. The van der Waals surface area contributed by atoms with Gasteiger partial charge in [-0.2, -0.15) is 0 Å². The van der Waals surface area contributed by atoms with Crippen LogP contribution in [0, 0.1) is 0 Å². The van der Waals surface area contributed by atoms with E-state index in [-0.39, 0.29) is 5.75 Å². The average molecular weight is 263 g/mol. The van der Waals surface area contributed by atoms with Gasteiger partial charge in [0, 0.05) is 17.8 Å². The summed E-state index contributed by atoms with van der Waals surface area (Å²) in [5, 5.41) is 0. The maximum absolute atomic E-state index is 11.0. The molecule has 0 N–H and O–H groups in total. The molecule has 0 radical (unpaired) electrons. The molecule has 0 fully saturated rings. The summed E-state index contributed by atoms with van der Waals surface area (Å²) in [6.07, 6.45) is 0. The summed E-state index contributed by atoms with van der Waals surface area (Å²) in [5.41, 5.74) is 1.15. The van der Waals surface area contributed by atoms with Crippen molar-refractivity contribution in [2.45, 2.75) is 25.2 Å². The average Bonchev–Trinajstić information content (AvgIpc) is 2.15. The van der Waals surface area contributed by atoms with Gasteiger partial charge in [0.15, 0.2) is 0 Å². The Labute approximate surface area is 101 Å². The maximum atomic E-state index is 11.0. The molecule has 0 heterocycles. The number of hydrogen-bond acceptors (Lipinski definition) is 3. The van der Waals surface area contributed by atoms with E-state index in [9.17, 15) is 8.42 Å². The second kappa shape index (κ2) is 4.73. The van der Waals surface area contributed by atoms with Gasteiger partial charge in [0.2, 0.25) is 9.05 Å². The minimum absolute atomic E-state index is 0.164. The summed E-state index contributed by atoms with van der Waals surface area (Å²) in [4.78, 5) is 0. The summed E-state index contributed by atoms with van der Waals surface area (Å²) < 4.78 is 27.3. The molecule has 0 aliphatic heterocycles. The minimum atomic E-state index is -3.51. The molecule has 90 valence electrons. The van der Waals surface area contributed by atoms with Gasteiger partial charge >= 0.3 is 0 Å². The van der Waals surface area contributed by atoms with Gasteiger partial charge in [0.05, 0.1) is 11.4 Å². The van der Waals surface area contributed by atoms with Crippen LogP contribution >= 0.6 is 10.7 Å². The smallest absolute Gasteiger partial charge is 0.236 e. The van der Waals surface area contributed by atoms with Gasteiger partial charge in [0.1, 0.15) is 0 Å². The Kier molecular flexibility index (Phi) is 3.99. The third-order valence-electron chi connectivity index (χ3n) is 2.47. The molecular formula is C11H15ClO3S. The Hall–Kier alpha value is -0.580. The highest BCUT2D eigenvalue weighted by Gasteiger charge is 2.20. The fraction of sp³-hybridized carbons (Fsp3) is 0.455. The van der Waals surface area contributed by atoms with Crippen molar-refractivity contribution in [2.75, 3.05) is 7.11 Å². The van der Waals surface area contributed by atoms with Gasteiger partial charge in [0.25, 0.3) is 0 Å². The summed E-state index contributed by atoms with van der Waals surface area (Å²) in [6.45, 7) is 3.84. The molecule has 3 nitrogen and oxygen atoms in total. The number of benzene rings is 1. The van der Waals surface area contributed by atoms with Crippen LogP contribution < -0.4 is 0 Å². The second-order valence-corrected chi connectivity index (χ2v) is 6.87. The Morgan fingerprint density at radius 3 is 2.50 bits per heavy atom. The van der Waals surface area contributed by atoms with Crippen LogP contribution in [0.2, 0.25) is 0 Å². The largest absolute Gasteiger partial charge is 0.374 e. The zero-order valence-corrected chi connectivity index (χ0v) is 11.1. The van der Waals surface area contributed by atoms with Crippen LogP contribution in [0.25, 0.3) is 0 Å². The first-order chi connectivity index (χ1) is 7.24. The van der Waals surface area contributed by atoms with Gasteiger partial charge in [-0.05, 0) is 25.0 Å². The zero-order chi connectivity index (χ0) is 12.4. The lowest BCUT2D eigenvalue weighted by molar-refractivity contribution is 0.0192. The van der Waals surface area contributed by atoms with Crippen molar-refractivity contribution in [1.29, 1.82) is 0 Å². The molecular weight excluding hydrogens is 248 g/mol. The lowest BCUT2D eigenvalue weighted by atomic mass is 9.96. The standard InChI is InChI=1S/C11H15ClO3S/c1-11(2,15-3)10-6-4-5-9(7-10)8-16(12,13)14/h4-7H,8H2,1-3H3. The highest BCUT2D eigenvalue weighted by molar-refractivity contribution is 8.13. The summed E-state index contributed by atoms with van der Waals surface area (Å²) in [7, 11) is 3.31. The van der Waals surface area contributed by atoms with Gasteiger partial charge in [-0.1, -0.05) is 24.3 Å². The van der Waals surface area contributed by atoms with E-state index in [1.54, 1.807) is 25.3 Å². The predicted molar refractivity (Wildman–Crippen MR) is 65.0 cm³/mol. The molecule has 0 aliphatic rings. The van der Waals surface area contributed by atoms with E-state index >= 15 is 0 Å². The SMILES string of the molecule is COC(C)(C)c1cccc(CS(=O)(=O)Cl)c1. The Balaban J connectivity index is 3.05. The lowest BCUT2D eigenvalue weighted by Crippen LogP contribution is -2.19. The molecule has 0 atom stereocenters. The summed E-state index contributed by atoms with van der Waals surface area (Å²) in [5.74, 6) is -0.164. The quantitative estimate of drug-likeness (QED) is 0.784. The normalized spacial score (nSPS) is 12.8. The van der Waals surface area contributed by atoms with Crippen LogP contribution in [-0.2, 0) is 25.1 Å². The van der Waals surface area contributed by atoms with E-state index in [1.807, 2.05) is 19.9 Å². The zero-order valence-electron chi connectivity index (χ0n) is 9.53. The van der Waals surface area contributed by atoms with Crippen LogP contribution in [0.1, 0.15) is 25.0 Å². The summed E-state index contributed by atoms with van der Waals surface area (Å²) >= 11 is 0. The van der Waals surface area contributed by atoms with Crippen LogP contribution in [0.3, 0.4) is 0 Å². The fourth-order valence-corrected chi connectivity index (χ4v) is 2.31. The topological polar surface area (TPSA) is 43.4 Å². The van der Waals surface area contributed by atoms with Crippen molar-refractivity contribution >= 4 is 19.7 Å². The van der Waals surface area contributed by atoms with E-state index in [4.69, 9.17) is 15.4 Å². The van der Waals surface area contributed by atoms with Crippen molar-refractivity contribution in [3.05, 3.63) is 35.4 Å². The molecule has 0 bridgehead atoms. The highest BCUT2D eigenvalue weighted by Crippen LogP contribution is 2.25. The molecule has 0 unspecified atom stereocenters. The Bertz CT molecular complexity index is 466. The second-order valence-electron chi connectivity index (χ2n) is 4.10. The molecule has 1 aromatic carbocycles. The van der Waals surface area contributed by atoms with Gasteiger partial charge in [-0.3, -0.25) is 0 Å². The van der Waals surface area contributed by atoms with Crippen molar-refractivity contribution < 1.29 is 13.2 Å². The number of methoxy groups -OCH3 is 1. The van der Waals surface area contributed by atoms with Gasteiger partial charge in [-0.25, -0.2) is 8.42 Å². The monoisotopic (exact) mass is 262 g/mol. The van der Waals surface area contributed by atoms with Crippen LogP contribution in [0.15, 0.2) is 24.3 Å². The van der Waals surface area contributed by atoms with E-state index in [2.05, 4.69) is 0 Å². The van der Waals surface area contributed by atoms with Gasteiger partial charge < -0.3 is 4.74 Å². The lowest BCUT2D eigenvalue weighted by Gasteiger charge is -2.23. The van der Waals surface area contributed by atoms with Crippen LogP contribution in [0.4, 0.5) is 0 Å². The molecule has 0 saturated heterocycles. The molecule has 16 heavy (non-hydrogen) atoms. The van der Waals surface area contributed by atoms with Crippen LogP contribution in [-0.4, -0.2) is 15.5 Å². The van der Waals surface area contributed by atoms with E-state index < -0.39 is 14.7 Å². The Morgan fingerprint density at radius 2 is 2.00 bits per heavy atom. The molecule has 1 aromatic rings. The minimum Gasteiger partial charge on any atom is -0.374 e. The molecule has 0 saturated carbocycles. The number of rotatable bonds is 4. The highest BCUT2D eigenvalue weighted by atomic mass is 35.7. The number of ether oxygens (including phenoxy) is 1. The molecule has 0 aliphatic carbocycles. The first-order valence-corrected chi connectivity index (χ1v) is 7.29. The predicted octanol–water partition coefficient (Wildman–Crippen LogP) is 2.64. The molecule has 5 heteroatoms. The Morgan fingerprint density at radius 1 is 1.38 bits per heavy atom. The number of hydrogen-bond donors (Lipinski definition) is 0. The molecule has 1 rings (SSSR count). The van der Waals surface area contributed by atoms with E-state index in [1.165, 1.54) is 0 Å². The first-order valence-electron chi connectivity index (χ1n) is 4.81. The molecule has 0 spiro atoms. The van der Waals surface area contributed by atoms with Crippen molar-refractivity contribution in [3.8, 4) is 0 Å². The van der Waals surface area contributed by atoms with Gasteiger partial charge in [-0.15, -0.1) is 0 Å². The van der Waals surface area contributed by atoms with E-state index in [0.717, 1.165) is 5.56 Å². The van der Waals surface area contributed by atoms with Crippen molar-refractivity contribution in [1.82, 2.24) is 0 Å². The van der Waals surface area contributed by atoms with E-state index in [0.29, 0.717) is 5.56 Å². The molecule has 0 aromatic heterocycles. The van der Waals surface area contributed by atoms with Crippen molar-refractivity contribution in [2.24, 2.45) is 0 Å². The number of halogens is 1. The summed E-state index contributed by atoms with van der Waals surface area (Å²) in [6, 6.07) is 7.22. The van der Waals surface area contributed by atoms with Crippen molar-refractivity contribution in [3.63, 3.8) is 0 Å². The van der Waals surface area contributed by atoms with Crippen LogP contribution in [0.5, 0.6) is 0 Å².